The van der Waals surface area contributed by atoms with E-state index in [-0.39, 0.29) is 0 Å². The molecule has 2 unspecified atom stereocenters. The highest BCUT2D eigenvalue weighted by Crippen LogP contribution is 2.27. The Hall–Kier alpha value is -0.0400. The molecule has 1 aliphatic rings. The van der Waals surface area contributed by atoms with E-state index in [1.165, 1.54) is 51.5 Å². The molecule has 1 fully saturated rings. The van der Waals surface area contributed by atoms with E-state index in [0.29, 0.717) is 5.54 Å². The van der Waals surface area contributed by atoms with E-state index in [4.69, 9.17) is 0 Å². The second-order valence-corrected chi connectivity index (χ2v) is 5.40. The van der Waals surface area contributed by atoms with Gasteiger partial charge >= 0.3 is 0 Å². The summed E-state index contributed by atoms with van der Waals surface area (Å²) >= 11 is 0. The molecule has 1 rings (SSSR count). The summed E-state index contributed by atoms with van der Waals surface area (Å²) in [5, 5.41) is 3.75. The molecular formula is C13H27N. The molecule has 1 heterocycles. The Bertz CT molecular complexity index is 145. The number of nitrogens with one attached hydrogen (secondary N) is 1. The SMILES string of the molecule is CCCC(C)CC1(C)CCCCCN1. The molecule has 84 valence electrons. The molecule has 2 atom stereocenters. The van der Waals surface area contributed by atoms with Gasteiger partial charge in [0.05, 0.1) is 0 Å². The van der Waals surface area contributed by atoms with Crippen LogP contribution in [0.3, 0.4) is 0 Å². The van der Waals surface area contributed by atoms with Crippen molar-refractivity contribution in [1.82, 2.24) is 5.32 Å². The summed E-state index contributed by atoms with van der Waals surface area (Å²) in [7, 11) is 0. The number of hydrogen-bond acceptors (Lipinski definition) is 1. The van der Waals surface area contributed by atoms with Gasteiger partial charge in [0.15, 0.2) is 0 Å². The molecule has 0 aromatic heterocycles. The molecule has 1 nitrogen and oxygen atoms in total. The van der Waals surface area contributed by atoms with Crippen molar-refractivity contribution in [1.29, 1.82) is 0 Å². The molecular weight excluding hydrogens is 170 g/mol. The van der Waals surface area contributed by atoms with E-state index >= 15 is 0 Å². The third-order valence-corrected chi connectivity index (χ3v) is 3.54. The third-order valence-electron chi connectivity index (χ3n) is 3.54. The second-order valence-electron chi connectivity index (χ2n) is 5.40. The highest BCUT2D eigenvalue weighted by Gasteiger charge is 2.26. The summed E-state index contributed by atoms with van der Waals surface area (Å²) in [5.74, 6) is 0.885. The molecule has 0 spiro atoms. The van der Waals surface area contributed by atoms with E-state index in [0.717, 1.165) is 5.92 Å². The van der Waals surface area contributed by atoms with Gasteiger partial charge in [-0.2, -0.15) is 0 Å². The average molecular weight is 197 g/mol. The quantitative estimate of drug-likeness (QED) is 0.724. The van der Waals surface area contributed by atoms with Gasteiger partial charge < -0.3 is 5.32 Å². The van der Waals surface area contributed by atoms with Crippen molar-refractivity contribution in [3.8, 4) is 0 Å². The molecule has 0 radical (unpaired) electrons. The molecule has 0 aromatic carbocycles. The Kier molecular flexibility index (Phi) is 4.94. The van der Waals surface area contributed by atoms with Crippen molar-refractivity contribution < 1.29 is 0 Å². The Morgan fingerprint density at radius 2 is 2.07 bits per heavy atom. The summed E-state index contributed by atoms with van der Waals surface area (Å²) in [6.45, 7) is 8.35. The maximum absolute atomic E-state index is 3.75. The highest BCUT2D eigenvalue weighted by molar-refractivity contribution is 4.86. The molecule has 1 aliphatic heterocycles. The van der Waals surface area contributed by atoms with Crippen LogP contribution in [0.2, 0.25) is 0 Å². The molecule has 0 aliphatic carbocycles. The summed E-state index contributed by atoms with van der Waals surface area (Å²) in [6.07, 6.45) is 9.67. The largest absolute Gasteiger partial charge is 0.312 e. The zero-order chi connectivity index (χ0) is 10.4. The first-order valence-corrected chi connectivity index (χ1v) is 6.41. The Morgan fingerprint density at radius 1 is 1.29 bits per heavy atom. The van der Waals surface area contributed by atoms with Crippen LogP contribution in [-0.2, 0) is 0 Å². The molecule has 1 N–H and O–H groups in total. The van der Waals surface area contributed by atoms with Gasteiger partial charge in [-0.25, -0.2) is 0 Å². The second kappa shape index (κ2) is 5.75. The lowest BCUT2D eigenvalue weighted by Gasteiger charge is -2.32. The summed E-state index contributed by atoms with van der Waals surface area (Å²) in [4.78, 5) is 0. The summed E-state index contributed by atoms with van der Waals surface area (Å²) < 4.78 is 0. The Morgan fingerprint density at radius 3 is 2.79 bits per heavy atom. The molecule has 1 saturated heterocycles. The molecule has 0 aromatic rings. The van der Waals surface area contributed by atoms with Crippen molar-refractivity contribution in [3.63, 3.8) is 0 Å². The minimum absolute atomic E-state index is 0.436. The fraction of sp³-hybridized carbons (Fsp3) is 1.00. The van der Waals surface area contributed by atoms with Crippen LogP contribution in [0.5, 0.6) is 0 Å². The predicted octanol–water partition coefficient (Wildman–Crippen LogP) is 3.74. The van der Waals surface area contributed by atoms with E-state index in [1.807, 2.05) is 0 Å². The van der Waals surface area contributed by atoms with Crippen molar-refractivity contribution in [2.75, 3.05) is 6.54 Å². The van der Waals surface area contributed by atoms with Crippen LogP contribution in [-0.4, -0.2) is 12.1 Å². The van der Waals surface area contributed by atoms with Crippen molar-refractivity contribution in [3.05, 3.63) is 0 Å². The summed E-state index contributed by atoms with van der Waals surface area (Å²) in [5.41, 5.74) is 0.436. The minimum Gasteiger partial charge on any atom is -0.312 e. The Labute approximate surface area is 89.7 Å². The fourth-order valence-electron chi connectivity index (χ4n) is 2.83. The fourth-order valence-corrected chi connectivity index (χ4v) is 2.83. The van der Waals surface area contributed by atoms with Gasteiger partial charge in [-0.15, -0.1) is 0 Å². The van der Waals surface area contributed by atoms with Crippen LogP contribution in [0.15, 0.2) is 0 Å². The van der Waals surface area contributed by atoms with Gasteiger partial charge in [-0.05, 0) is 38.6 Å². The van der Waals surface area contributed by atoms with Crippen molar-refractivity contribution in [2.45, 2.75) is 71.3 Å². The smallest absolute Gasteiger partial charge is 0.0155 e. The summed E-state index contributed by atoms with van der Waals surface area (Å²) in [6, 6.07) is 0. The molecule has 0 saturated carbocycles. The van der Waals surface area contributed by atoms with Gasteiger partial charge in [0.1, 0.15) is 0 Å². The first-order chi connectivity index (χ1) is 6.66. The Balaban J connectivity index is 2.37. The average Bonchev–Trinajstić information content (AvgIpc) is 2.30. The maximum Gasteiger partial charge on any atom is 0.0155 e. The van der Waals surface area contributed by atoms with E-state index < -0.39 is 0 Å². The molecule has 0 amide bonds. The molecule has 0 bridgehead atoms. The lowest BCUT2D eigenvalue weighted by Crippen LogP contribution is -2.42. The van der Waals surface area contributed by atoms with Gasteiger partial charge in [-0.1, -0.05) is 39.5 Å². The third kappa shape index (κ3) is 4.00. The lowest BCUT2D eigenvalue weighted by atomic mass is 9.84. The van der Waals surface area contributed by atoms with Gasteiger partial charge in [-0.3, -0.25) is 0 Å². The van der Waals surface area contributed by atoms with Crippen molar-refractivity contribution in [2.24, 2.45) is 5.92 Å². The van der Waals surface area contributed by atoms with Crippen LogP contribution < -0.4 is 5.32 Å². The zero-order valence-electron chi connectivity index (χ0n) is 10.2. The van der Waals surface area contributed by atoms with E-state index in [1.54, 1.807) is 0 Å². The van der Waals surface area contributed by atoms with Gasteiger partial charge in [0.2, 0.25) is 0 Å². The first kappa shape index (κ1) is 12.0. The van der Waals surface area contributed by atoms with Crippen LogP contribution >= 0.6 is 0 Å². The van der Waals surface area contributed by atoms with E-state index in [2.05, 4.69) is 26.1 Å². The monoisotopic (exact) mass is 197 g/mol. The van der Waals surface area contributed by atoms with Gasteiger partial charge in [0.25, 0.3) is 0 Å². The standard InChI is InChI=1S/C13H27N/c1-4-8-12(2)11-13(3)9-6-5-7-10-14-13/h12,14H,4-11H2,1-3H3. The van der Waals surface area contributed by atoms with Crippen LogP contribution in [0.4, 0.5) is 0 Å². The molecule has 14 heavy (non-hydrogen) atoms. The first-order valence-electron chi connectivity index (χ1n) is 6.41. The predicted molar refractivity (Wildman–Crippen MR) is 63.6 cm³/mol. The minimum atomic E-state index is 0.436. The zero-order valence-corrected chi connectivity index (χ0v) is 10.2. The van der Waals surface area contributed by atoms with Crippen LogP contribution in [0.25, 0.3) is 0 Å². The highest BCUT2D eigenvalue weighted by atomic mass is 15.0. The lowest BCUT2D eigenvalue weighted by molar-refractivity contribution is 0.268. The maximum atomic E-state index is 3.75. The van der Waals surface area contributed by atoms with Crippen LogP contribution in [0, 0.1) is 5.92 Å². The van der Waals surface area contributed by atoms with Gasteiger partial charge in [0, 0.05) is 5.54 Å². The number of rotatable bonds is 4. The van der Waals surface area contributed by atoms with E-state index in [9.17, 15) is 0 Å². The molecule has 1 heteroatoms. The van der Waals surface area contributed by atoms with Crippen molar-refractivity contribution >= 4 is 0 Å². The van der Waals surface area contributed by atoms with Crippen LogP contribution in [0.1, 0.15) is 65.7 Å². The number of hydrogen-bond donors (Lipinski definition) is 1. The topological polar surface area (TPSA) is 12.0 Å². The normalized spacial score (nSPS) is 31.1.